The fourth-order valence-corrected chi connectivity index (χ4v) is 4.56. The number of aryl methyl sites for hydroxylation is 2. The third kappa shape index (κ3) is 3.86. The van der Waals surface area contributed by atoms with Crippen molar-refractivity contribution in [1.29, 1.82) is 0 Å². The van der Waals surface area contributed by atoms with Gasteiger partial charge in [-0.15, -0.1) is 0 Å². The van der Waals surface area contributed by atoms with Crippen LogP contribution in [0.5, 0.6) is 5.75 Å². The van der Waals surface area contributed by atoms with Gasteiger partial charge in [-0.3, -0.25) is 14.3 Å². The molecule has 3 aliphatic heterocycles. The van der Waals surface area contributed by atoms with Gasteiger partial charge < -0.3 is 24.4 Å². The van der Waals surface area contributed by atoms with Crippen LogP contribution < -0.4 is 10.1 Å². The lowest BCUT2D eigenvalue weighted by molar-refractivity contribution is -0.00461. The summed E-state index contributed by atoms with van der Waals surface area (Å²) in [4.78, 5) is 27.6. The fraction of sp³-hybridized carbons (Fsp3) is 0.522. The van der Waals surface area contributed by atoms with E-state index in [2.05, 4.69) is 10.4 Å². The number of amides is 2. The molecule has 32 heavy (non-hydrogen) atoms. The van der Waals surface area contributed by atoms with Crippen LogP contribution in [0.25, 0.3) is 0 Å². The number of ether oxygens (including phenoxy) is 3. The number of rotatable bonds is 4. The number of para-hydroxylation sites is 1. The standard InChI is InChI=1S/C23H28N4O5/c1-3-27-9-18(14(2)25-27)22(28)24-16-12-31-19-10-26(11-20(19)32-13-16)23(29)17-6-4-5-15-7-8-30-21(15)17/h4-6,9,16,19-20H,3,7-8,10-13H2,1-2H3,(H,24,28)/t19-,20-/m0/s1. The smallest absolute Gasteiger partial charge is 0.257 e. The van der Waals surface area contributed by atoms with Gasteiger partial charge in [0.2, 0.25) is 0 Å². The monoisotopic (exact) mass is 440 g/mol. The van der Waals surface area contributed by atoms with Crippen molar-refractivity contribution in [1.82, 2.24) is 20.0 Å². The summed E-state index contributed by atoms with van der Waals surface area (Å²) >= 11 is 0. The van der Waals surface area contributed by atoms with Gasteiger partial charge in [0.15, 0.2) is 0 Å². The van der Waals surface area contributed by atoms with E-state index in [0.717, 1.165) is 12.0 Å². The Bertz CT molecular complexity index is 1020. The summed E-state index contributed by atoms with van der Waals surface area (Å²) in [5, 5.41) is 7.32. The maximum Gasteiger partial charge on any atom is 0.257 e. The lowest BCUT2D eigenvalue weighted by atomic mass is 10.1. The summed E-state index contributed by atoms with van der Waals surface area (Å²) in [6, 6.07) is 5.47. The van der Waals surface area contributed by atoms with Gasteiger partial charge in [0, 0.05) is 32.3 Å². The van der Waals surface area contributed by atoms with Crippen LogP contribution in [0.15, 0.2) is 24.4 Å². The second kappa shape index (κ2) is 8.55. The predicted molar refractivity (Wildman–Crippen MR) is 115 cm³/mol. The molecule has 9 heteroatoms. The van der Waals surface area contributed by atoms with Gasteiger partial charge in [-0.25, -0.2) is 0 Å². The highest BCUT2D eigenvalue weighted by atomic mass is 16.6. The number of likely N-dealkylation sites (tertiary alicyclic amines) is 1. The maximum atomic E-state index is 13.1. The molecule has 0 aliphatic carbocycles. The molecule has 2 saturated heterocycles. The highest BCUT2D eigenvalue weighted by Gasteiger charge is 2.40. The van der Waals surface area contributed by atoms with Crippen LogP contribution in [0.3, 0.4) is 0 Å². The first kappa shape index (κ1) is 21.0. The Morgan fingerprint density at radius 3 is 2.59 bits per heavy atom. The molecule has 0 unspecified atom stereocenters. The average molecular weight is 441 g/mol. The topological polar surface area (TPSA) is 94.9 Å². The van der Waals surface area contributed by atoms with Crippen molar-refractivity contribution in [2.45, 2.75) is 45.1 Å². The van der Waals surface area contributed by atoms with Gasteiger partial charge in [0.05, 0.1) is 42.7 Å². The molecular weight excluding hydrogens is 412 g/mol. The number of hydrogen-bond donors (Lipinski definition) is 1. The third-order valence-corrected chi connectivity index (χ3v) is 6.32. The van der Waals surface area contributed by atoms with Crippen LogP contribution in [-0.4, -0.2) is 77.7 Å². The number of nitrogens with one attached hydrogen (secondary N) is 1. The minimum absolute atomic E-state index is 0.0581. The zero-order chi connectivity index (χ0) is 22.2. The maximum absolute atomic E-state index is 13.1. The summed E-state index contributed by atoms with van der Waals surface area (Å²) < 4.78 is 19.6. The van der Waals surface area contributed by atoms with E-state index in [4.69, 9.17) is 14.2 Å². The third-order valence-electron chi connectivity index (χ3n) is 6.32. The van der Waals surface area contributed by atoms with Crippen molar-refractivity contribution in [2.75, 3.05) is 32.9 Å². The average Bonchev–Trinajstić information content (AvgIpc) is 3.50. The Kier molecular flexibility index (Phi) is 5.60. The van der Waals surface area contributed by atoms with Crippen LogP contribution in [0.4, 0.5) is 0 Å². The molecule has 1 N–H and O–H groups in total. The highest BCUT2D eigenvalue weighted by Crippen LogP contribution is 2.31. The first-order valence-electron chi connectivity index (χ1n) is 11.2. The fourth-order valence-electron chi connectivity index (χ4n) is 4.56. The predicted octanol–water partition coefficient (Wildman–Crippen LogP) is 1.18. The van der Waals surface area contributed by atoms with E-state index in [0.29, 0.717) is 62.0 Å². The van der Waals surface area contributed by atoms with Crippen LogP contribution in [0, 0.1) is 6.92 Å². The molecule has 2 fully saturated rings. The van der Waals surface area contributed by atoms with E-state index in [9.17, 15) is 9.59 Å². The number of fused-ring (bicyclic) bond motifs is 2. The molecule has 2 aromatic rings. The molecule has 4 heterocycles. The number of hydrogen-bond acceptors (Lipinski definition) is 6. The summed E-state index contributed by atoms with van der Waals surface area (Å²) in [7, 11) is 0. The zero-order valence-electron chi connectivity index (χ0n) is 18.4. The second-order valence-electron chi connectivity index (χ2n) is 8.50. The van der Waals surface area contributed by atoms with E-state index in [1.54, 1.807) is 15.8 Å². The van der Waals surface area contributed by atoms with Crippen molar-refractivity contribution in [3.05, 3.63) is 46.8 Å². The molecule has 170 valence electrons. The molecular formula is C23H28N4O5. The van der Waals surface area contributed by atoms with Crippen molar-refractivity contribution in [2.24, 2.45) is 0 Å². The number of benzene rings is 1. The van der Waals surface area contributed by atoms with E-state index in [1.807, 2.05) is 32.0 Å². The summed E-state index contributed by atoms with van der Waals surface area (Å²) in [6.07, 6.45) is 2.15. The first-order valence-corrected chi connectivity index (χ1v) is 11.2. The van der Waals surface area contributed by atoms with Gasteiger partial charge in [-0.1, -0.05) is 12.1 Å². The molecule has 0 spiro atoms. The van der Waals surface area contributed by atoms with Crippen molar-refractivity contribution < 1.29 is 23.8 Å². The van der Waals surface area contributed by atoms with Crippen molar-refractivity contribution in [3.63, 3.8) is 0 Å². The van der Waals surface area contributed by atoms with Gasteiger partial charge in [0.1, 0.15) is 18.0 Å². The molecule has 0 radical (unpaired) electrons. The number of carbonyl (C=O) groups is 2. The minimum Gasteiger partial charge on any atom is -0.492 e. The Morgan fingerprint density at radius 2 is 1.91 bits per heavy atom. The number of nitrogens with zero attached hydrogens (tertiary/aromatic N) is 3. The van der Waals surface area contributed by atoms with Crippen LogP contribution >= 0.6 is 0 Å². The van der Waals surface area contributed by atoms with Gasteiger partial charge in [0.25, 0.3) is 11.8 Å². The minimum atomic E-state index is -0.257. The number of aromatic nitrogens is 2. The Morgan fingerprint density at radius 1 is 1.16 bits per heavy atom. The van der Waals surface area contributed by atoms with Gasteiger partial charge >= 0.3 is 0 Å². The zero-order valence-corrected chi connectivity index (χ0v) is 18.4. The first-order chi connectivity index (χ1) is 15.5. The molecule has 5 rings (SSSR count). The SMILES string of the molecule is CCn1cc(C(=O)NC2CO[C@H]3CN(C(=O)c4cccc5c4OCC5)C[C@@H]3OC2)c(C)n1. The number of carbonyl (C=O) groups excluding carboxylic acids is 2. The van der Waals surface area contributed by atoms with Gasteiger partial charge in [-0.2, -0.15) is 5.10 Å². The molecule has 2 amide bonds. The van der Waals surface area contributed by atoms with Crippen LogP contribution in [-0.2, 0) is 22.4 Å². The molecule has 9 nitrogen and oxygen atoms in total. The summed E-state index contributed by atoms with van der Waals surface area (Å²) in [5.74, 6) is 0.467. The quantitative estimate of drug-likeness (QED) is 0.767. The normalized spacial score (nSPS) is 22.8. The second-order valence-corrected chi connectivity index (χ2v) is 8.50. The lowest BCUT2D eigenvalue weighted by Crippen LogP contribution is -2.41. The van der Waals surface area contributed by atoms with Crippen LogP contribution in [0.2, 0.25) is 0 Å². The van der Waals surface area contributed by atoms with Crippen LogP contribution in [0.1, 0.15) is 38.9 Å². The molecule has 3 aliphatic rings. The molecule has 1 aromatic carbocycles. The van der Waals surface area contributed by atoms with Crippen molar-refractivity contribution in [3.8, 4) is 5.75 Å². The highest BCUT2D eigenvalue weighted by molar-refractivity contribution is 5.98. The lowest BCUT2D eigenvalue weighted by Gasteiger charge is -2.20. The van der Waals surface area contributed by atoms with Crippen molar-refractivity contribution >= 4 is 11.8 Å². The Labute approximate surface area is 186 Å². The van der Waals surface area contributed by atoms with E-state index >= 15 is 0 Å². The summed E-state index contributed by atoms with van der Waals surface area (Å²) in [5.41, 5.74) is 2.94. The molecule has 2 atom stereocenters. The summed E-state index contributed by atoms with van der Waals surface area (Å²) in [6.45, 7) is 6.70. The van der Waals surface area contributed by atoms with E-state index in [-0.39, 0.29) is 30.1 Å². The van der Waals surface area contributed by atoms with E-state index in [1.165, 1.54) is 0 Å². The molecule has 1 aromatic heterocycles. The molecule has 0 saturated carbocycles. The van der Waals surface area contributed by atoms with E-state index < -0.39 is 0 Å². The Balaban J connectivity index is 1.19. The molecule has 0 bridgehead atoms. The Hall–Kier alpha value is -2.91. The van der Waals surface area contributed by atoms with Gasteiger partial charge in [-0.05, 0) is 25.5 Å². The largest absolute Gasteiger partial charge is 0.492 e.